The van der Waals surface area contributed by atoms with Gasteiger partial charge < -0.3 is 10.2 Å². The average Bonchev–Trinajstić information content (AvgIpc) is 3.14. The molecule has 1 aliphatic rings. The van der Waals surface area contributed by atoms with Crippen molar-refractivity contribution >= 4 is 5.97 Å². The van der Waals surface area contributed by atoms with Crippen LogP contribution in [0.3, 0.4) is 0 Å². The van der Waals surface area contributed by atoms with Crippen LogP contribution < -0.4 is 0 Å². The molecule has 7 nitrogen and oxygen atoms in total. The minimum Gasteiger partial charge on any atom is -0.481 e. The van der Waals surface area contributed by atoms with Gasteiger partial charge in [0.25, 0.3) is 0 Å². The van der Waals surface area contributed by atoms with E-state index in [4.69, 9.17) is 5.11 Å². The second kappa shape index (κ2) is 8.32. The Kier molecular flexibility index (Phi) is 6.04. The highest BCUT2D eigenvalue weighted by atomic mass is 19.1. The summed E-state index contributed by atoms with van der Waals surface area (Å²) in [6.45, 7) is 2.91. The number of aromatic nitrogens is 3. The van der Waals surface area contributed by atoms with Gasteiger partial charge in [0.05, 0.1) is 6.54 Å². The minimum absolute atomic E-state index is 0.00967. The molecule has 0 amide bonds. The first kappa shape index (κ1) is 20.3. The molecule has 0 radical (unpaired) electrons. The molecule has 152 valence electrons. The van der Waals surface area contributed by atoms with Gasteiger partial charge in [-0.15, -0.1) is 0 Å². The number of nitrogens with zero attached hydrogens (tertiary/aromatic N) is 4. The zero-order valence-electron chi connectivity index (χ0n) is 15.6. The van der Waals surface area contributed by atoms with E-state index in [0.717, 1.165) is 12.1 Å². The topological polar surface area (TPSA) is 91.5 Å². The molecule has 2 atom stereocenters. The Bertz CT molecular complexity index is 810. The molecule has 0 aliphatic carbocycles. The molecule has 0 saturated carbocycles. The maximum atomic E-state index is 14.6. The van der Waals surface area contributed by atoms with Crippen LogP contribution in [0.1, 0.15) is 31.7 Å². The Labute approximate surface area is 161 Å². The van der Waals surface area contributed by atoms with Crippen molar-refractivity contribution in [1.29, 1.82) is 0 Å². The Morgan fingerprint density at radius 1 is 1.36 bits per heavy atom. The van der Waals surface area contributed by atoms with Crippen LogP contribution in [-0.4, -0.2) is 55.0 Å². The number of carboxylic acids is 1. The maximum Gasteiger partial charge on any atom is 0.303 e. The number of benzene rings is 1. The van der Waals surface area contributed by atoms with E-state index >= 15 is 0 Å². The molecule has 2 N–H and O–H groups in total. The highest BCUT2D eigenvalue weighted by Crippen LogP contribution is 2.34. The molecule has 0 unspecified atom stereocenters. The lowest BCUT2D eigenvalue weighted by atomic mass is 9.83. The first-order chi connectivity index (χ1) is 13.3. The van der Waals surface area contributed by atoms with Gasteiger partial charge in [0.15, 0.2) is 0 Å². The van der Waals surface area contributed by atoms with E-state index in [-0.39, 0.29) is 24.4 Å². The van der Waals surface area contributed by atoms with E-state index in [0.29, 0.717) is 25.9 Å². The molecule has 9 heteroatoms. The molecule has 3 rings (SSSR count). The largest absolute Gasteiger partial charge is 0.481 e. The predicted octanol–water partition coefficient (Wildman–Crippen LogP) is 2.02. The highest BCUT2D eigenvalue weighted by molar-refractivity contribution is 5.67. The number of halogens is 2. The molecule has 1 aromatic carbocycles. The Hall–Kier alpha value is -2.39. The van der Waals surface area contributed by atoms with Crippen LogP contribution in [0.4, 0.5) is 8.78 Å². The summed E-state index contributed by atoms with van der Waals surface area (Å²) in [6, 6.07) is 2.63. The summed E-state index contributed by atoms with van der Waals surface area (Å²) >= 11 is 0. The van der Waals surface area contributed by atoms with Gasteiger partial charge in [-0.1, -0.05) is 6.07 Å². The molecule has 1 aromatic heterocycles. The fraction of sp³-hybridized carbons (Fsp3) is 0.526. The van der Waals surface area contributed by atoms with E-state index in [1.807, 2.05) is 4.90 Å². The molecule has 1 fully saturated rings. The average molecular weight is 394 g/mol. The monoisotopic (exact) mass is 394 g/mol. The van der Waals surface area contributed by atoms with Crippen molar-refractivity contribution in [3.63, 3.8) is 0 Å². The van der Waals surface area contributed by atoms with Crippen LogP contribution >= 0.6 is 0 Å². The lowest BCUT2D eigenvalue weighted by Crippen LogP contribution is -2.54. The third-order valence-corrected chi connectivity index (χ3v) is 5.62. The third kappa shape index (κ3) is 4.36. The number of hydrogen-bond acceptors (Lipinski definition) is 5. The minimum atomic E-state index is -1.68. The van der Waals surface area contributed by atoms with Gasteiger partial charge in [0.2, 0.25) is 0 Å². The summed E-state index contributed by atoms with van der Waals surface area (Å²) in [5, 5.41) is 24.6. The van der Waals surface area contributed by atoms with Crippen molar-refractivity contribution in [2.24, 2.45) is 5.92 Å². The van der Waals surface area contributed by atoms with Crippen molar-refractivity contribution < 1.29 is 23.8 Å². The SMILES string of the molecule is C[C@@H](N1CCC(CC(=O)O)CC1)[C@](O)(Cn1cncn1)c1ccc(F)cc1F. The molecular formula is C19H24F2N4O3. The van der Waals surface area contributed by atoms with Gasteiger partial charge in [0.1, 0.15) is 29.9 Å². The normalized spacial score (nSPS) is 19.3. The van der Waals surface area contributed by atoms with E-state index in [1.165, 1.54) is 23.4 Å². The van der Waals surface area contributed by atoms with Crippen LogP contribution in [-0.2, 0) is 16.9 Å². The molecule has 1 saturated heterocycles. The van der Waals surface area contributed by atoms with Crippen molar-refractivity contribution in [3.05, 3.63) is 48.1 Å². The number of likely N-dealkylation sites (tertiary alicyclic amines) is 1. The van der Waals surface area contributed by atoms with Crippen molar-refractivity contribution in [2.75, 3.05) is 13.1 Å². The van der Waals surface area contributed by atoms with Crippen LogP contribution in [0.15, 0.2) is 30.9 Å². The summed E-state index contributed by atoms with van der Waals surface area (Å²) in [6.07, 6.45) is 4.24. The van der Waals surface area contributed by atoms with Gasteiger partial charge in [-0.3, -0.25) is 9.69 Å². The number of carboxylic acid groups (broad SMARTS) is 1. The number of aliphatic hydroxyl groups is 1. The van der Waals surface area contributed by atoms with Crippen LogP contribution in [0.25, 0.3) is 0 Å². The Morgan fingerprint density at radius 3 is 2.64 bits per heavy atom. The first-order valence-electron chi connectivity index (χ1n) is 9.25. The molecule has 0 bridgehead atoms. The second-order valence-electron chi connectivity index (χ2n) is 7.39. The Morgan fingerprint density at radius 2 is 2.07 bits per heavy atom. The summed E-state index contributed by atoms with van der Waals surface area (Å²) in [4.78, 5) is 16.8. The van der Waals surface area contributed by atoms with Crippen molar-refractivity contribution in [2.45, 2.75) is 44.4 Å². The van der Waals surface area contributed by atoms with Crippen molar-refractivity contribution in [1.82, 2.24) is 19.7 Å². The molecule has 2 aromatic rings. The van der Waals surface area contributed by atoms with Crippen LogP contribution in [0.2, 0.25) is 0 Å². The molecule has 0 spiro atoms. The molecule has 28 heavy (non-hydrogen) atoms. The van der Waals surface area contributed by atoms with E-state index < -0.39 is 29.2 Å². The lowest BCUT2D eigenvalue weighted by molar-refractivity contribution is -0.138. The standard InChI is InChI=1S/C19H24F2N4O3/c1-13(24-6-4-14(5-7-24)8-18(26)27)19(28,10-25-12-22-11-23-25)16-3-2-15(20)9-17(16)21/h2-3,9,11-14,28H,4-8,10H2,1H3,(H,26,27)/t13-,19-/m1/s1. The molecular weight excluding hydrogens is 370 g/mol. The lowest BCUT2D eigenvalue weighted by Gasteiger charge is -2.44. The predicted molar refractivity (Wildman–Crippen MR) is 96.3 cm³/mol. The first-order valence-corrected chi connectivity index (χ1v) is 9.25. The molecule has 2 heterocycles. The number of hydrogen-bond donors (Lipinski definition) is 2. The zero-order chi connectivity index (χ0) is 20.3. The number of carbonyl (C=O) groups is 1. The Balaban J connectivity index is 1.85. The summed E-state index contributed by atoms with van der Waals surface area (Å²) < 4.78 is 29.4. The quantitative estimate of drug-likeness (QED) is 0.747. The molecule has 1 aliphatic heterocycles. The third-order valence-electron chi connectivity index (χ3n) is 5.62. The van der Waals surface area contributed by atoms with E-state index in [1.54, 1.807) is 6.92 Å². The highest BCUT2D eigenvalue weighted by Gasteiger charge is 2.42. The van der Waals surface area contributed by atoms with Crippen molar-refractivity contribution in [3.8, 4) is 0 Å². The van der Waals surface area contributed by atoms with E-state index in [9.17, 15) is 18.7 Å². The summed E-state index contributed by atoms with van der Waals surface area (Å²) in [5.41, 5.74) is -1.69. The number of rotatable bonds is 7. The number of piperidine rings is 1. The van der Waals surface area contributed by atoms with Crippen LogP contribution in [0.5, 0.6) is 0 Å². The second-order valence-corrected chi connectivity index (χ2v) is 7.39. The van der Waals surface area contributed by atoms with Crippen LogP contribution in [0, 0.1) is 17.6 Å². The van der Waals surface area contributed by atoms with E-state index in [2.05, 4.69) is 10.1 Å². The van der Waals surface area contributed by atoms with Gasteiger partial charge in [-0.05, 0) is 44.8 Å². The van der Waals surface area contributed by atoms with Gasteiger partial charge in [-0.2, -0.15) is 5.10 Å². The fourth-order valence-electron chi connectivity index (χ4n) is 3.94. The van der Waals surface area contributed by atoms with Gasteiger partial charge in [0, 0.05) is 24.1 Å². The fourth-order valence-corrected chi connectivity index (χ4v) is 3.94. The number of aliphatic carboxylic acids is 1. The summed E-state index contributed by atoms with van der Waals surface area (Å²) in [7, 11) is 0. The van der Waals surface area contributed by atoms with Gasteiger partial charge in [-0.25, -0.2) is 18.4 Å². The smallest absolute Gasteiger partial charge is 0.303 e. The maximum absolute atomic E-state index is 14.6. The summed E-state index contributed by atoms with van der Waals surface area (Å²) in [5.74, 6) is -2.27. The zero-order valence-corrected chi connectivity index (χ0v) is 15.6. The van der Waals surface area contributed by atoms with Gasteiger partial charge >= 0.3 is 5.97 Å².